The van der Waals surface area contributed by atoms with E-state index in [0.717, 1.165) is 30.2 Å². The van der Waals surface area contributed by atoms with Gasteiger partial charge in [0.1, 0.15) is 0 Å². The monoisotopic (exact) mass is 389 g/mol. The fourth-order valence-electron chi connectivity index (χ4n) is 3.56. The molecule has 2 fully saturated rings. The number of carbonyl (C=O) groups is 2. The average Bonchev–Trinajstić information content (AvgIpc) is 2.91. The molecule has 1 aliphatic heterocycles. The van der Waals surface area contributed by atoms with Gasteiger partial charge in [-0.25, -0.2) is 0 Å². The van der Waals surface area contributed by atoms with Gasteiger partial charge >= 0.3 is 0 Å². The first-order valence-electron chi connectivity index (χ1n) is 9.58. The maximum Gasteiger partial charge on any atom is 0.293 e. The van der Waals surface area contributed by atoms with E-state index in [1.54, 1.807) is 13.2 Å². The number of methoxy groups -OCH3 is 1. The van der Waals surface area contributed by atoms with Crippen molar-refractivity contribution in [2.75, 3.05) is 13.7 Å². The Balaban J connectivity index is 1.74. The van der Waals surface area contributed by atoms with Crippen LogP contribution in [0.15, 0.2) is 23.1 Å². The molecule has 1 saturated heterocycles. The molecule has 0 spiro atoms. The molecule has 3 rings (SSSR count). The fourth-order valence-corrected chi connectivity index (χ4v) is 4.41. The predicted octanol–water partition coefficient (Wildman–Crippen LogP) is 5.10. The number of rotatable bonds is 6. The van der Waals surface area contributed by atoms with Crippen LogP contribution < -0.4 is 9.47 Å². The molecule has 1 aromatic rings. The van der Waals surface area contributed by atoms with E-state index in [1.807, 2.05) is 32.0 Å². The van der Waals surface area contributed by atoms with E-state index in [2.05, 4.69) is 0 Å². The molecule has 27 heavy (non-hydrogen) atoms. The van der Waals surface area contributed by atoms with Crippen molar-refractivity contribution in [3.8, 4) is 11.5 Å². The van der Waals surface area contributed by atoms with Gasteiger partial charge in [-0.05, 0) is 68.1 Å². The molecule has 1 aliphatic carbocycles. The minimum absolute atomic E-state index is 0.0426. The lowest BCUT2D eigenvalue weighted by molar-refractivity contribution is -0.123. The second-order valence-corrected chi connectivity index (χ2v) is 8.37. The molecule has 1 aromatic carbocycles. The third kappa shape index (κ3) is 4.86. The number of hydrogen-bond donors (Lipinski definition) is 0. The average molecular weight is 390 g/mol. The van der Waals surface area contributed by atoms with E-state index in [4.69, 9.17) is 9.47 Å². The Morgan fingerprint density at radius 1 is 1.19 bits per heavy atom. The molecule has 2 amide bonds. The summed E-state index contributed by atoms with van der Waals surface area (Å²) in [6, 6.07) is 5.53. The Labute approximate surface area is 165 Å². The Bertz CT molecular complexity index is 738. The molecule has 146 valence electrons. The molecular formula is C21H27NO4S. The van der Waals surface area contributed by atoms with Gasteiger partial charge < -0.3 is 9.47 Å². The van der Waals surface area contributed by atoms with Gasteiger partial charge in [0.05, 0.1) is 18.1 Å². The van der Waals surface area contributed by atoms with Gasteiger partial charge in [-0.2, -0.15) is 0 Å². The zero-order valence-corrected chi connectivity index (χ0v) is 17.0. The molecule has 0 N–H and O–H groups in total. The van der Waals surface area contributed by atoms with Gasteiger partial charge in [0.15, 0.2) is 11.5 Å². The summed E-state index contributed by atoms with van der Waals surface area (Å²) in [5.74, 6) is 1.53. The third-order valence-electron chi connectivity index (χ3n) is 4.89. The van der Waals surface area contributed by atoms with Crippen LogP contribution >= 0.6 is 11.8 Å². The summed E-state index contributed by atoms with van der Waals surface area (Å²) in [5, 5.41) is -0.163. The summed E-state index contributed by atoms with van der Waals surface area (Å²) in [6.07, 6.45) is 7.66. The molecule has 2 aliphatic rings. The van der Waals surface area contributed by atoms with Gasteiger partial charge in [-0.1, -0.05) is 25.3 Å². The summed E-state index contributed by atoms with van der Waals surface area (Å²) >= 11 is 1.02. The van der Waals surface area contributed by atoms with Crippen LogP contribution in [0.25, 0.3) is 6.08 Å². The van der Waals surface area contributed by atoms with Gasteiger partial charge in [-0.3, -0.25) is 14.5 Å². The molecule has 1 heterocycles. The van der Waals surface area contributed by atoms with Crippen molar-refractivity contribution in [1.82, 2.24) is 4.90 Å². The molecule has 0 atom stereocenters. The Morgan fingerprint density at radius 2 is 1.93 bits per heavy atom. The van der Waals surface area contributed by atoms with Crippen LogP contribution in [0, 0.1) is 5.92 Å². The lowest BCUT2D eigenvalue weighted by atomic mass is 9.89. The van der Waals surface area contributed by atoms with Crippen LogP contribution in [0.2, 0.25) is 0 Å². The largest absolute Gasteiger partial charge is 0.493 e. The van der Waals surface area contributed by atoms with Gasteiger partial charge in [0, 0.05) is 6.54 Å². The van der Waals surface area contributed by atoms with Crippen molar-refractivity contribution in [3.63, 3.8) is 0 Å². The first-order chi connectivity index (χ1) is 13.0. The highest BCUT2D eigenvalue weighted by molar-refractivity contribution is 8.18. The number of carbonyl (C=O) groups excluding carboxylic acids is 2. The van der Waals surface area contributed by atoms with E-state index in [1.165, 1.54) is 24.2 Å². The molecule has 0 radical (unpaired) electrons. The van der Waals surface area contributed by atoms with E-state index in [0.29, 0.717) is 28.9 Å². The molecule has 0 bridgehead atoms. The molecule has 5 nitrogen and oxygen atoms in total. The third-order valence-corrected chi connectivity index (χ3v) is 5.79. The van der Waals surface area contributed by atoms with E-state index in [9.17, 15) is 9.59 Å². The molecule has 0 unspecified atom stereocenters. The lowest BCUT2D eigenvalue weighted by Crippen LogP contribution is -2.34. The van der Waals surface area contributed by atoms with Crippen molar-refractivity contribution >= 4 is 29.0 Å². The second kappa shape index (κ2) is 8.83. The van der Waals surface area contributed by atoms with Crippen LogP contribution in [0.5, 0.6) is 11.5 Å². The van der Waals surface area contributed by atoms with Crippen LogP contribution in [-0.2, 0) is 4.79 Å². The van der Waals surface area contributed by atoms with Gasteiger partial charge in [0.2, 0.25) is 0 Å². The minimum Gasteiger partial charge on any atom is -0.493 e. The fraction of sp³-hybridized carbons (Fsp3) is 0.524. The van der Waals surface area contributed by atoms with Crippen LogP contribution in [0.1, 0.15) is 51.5 Å². The van der Waals surface area contributed by atoms with Crippen molar-refractivity contribution in [2.45, 2.75) is 52.1 Å². The summed E-state index contributed by atoms with van der Waals surface area (Å²) in [6.45, 7) is 4.46. The normalized spacial score (nSPS) is 20.0. The van der Waals surface area contributed by atoms with Crippen LogP contribution in [0.4, 0.5) is 4.79 Å². The number of hydrogen-bond acceptors (Lipinski definition) is 5. The number of imide groups is 1. The van der Waals surface area contributed by atoms with Crippen molar-refractivity contribution in [1.29, 1.82) is 0 Å². The van der Waals surface area contributed by atoms with Crippen molar-refractivity contribution < 1.29 is 19.1 Å². The summed E-state index contributed by atoms with van der Waals surface area (Å²) in [5.41, 5.74) is 0.811. The lowest BCUT2D eigenvalue weighted by Gasteiger charge is -2.25. The van der Waals surface area contributed by atoms with Crippen LogP contribution in [0.3, 0.4) is 0 Å². The molecule has 6 heteroatoms. The predicted molar refractivity (Wildman–Crippen MR) is 108 cm³/mol. The standard InChI is InChI=1S/C21H27NO4S/c1-14(2)26-17-10-9-16(11-18(17)25-3)12-19-20(23)22(21(24)27-19)13-15-7-5-4-6-8-15/h9-12,14-15H,4-8,13H2,1-3H3/b19-12+. The number of benzene rings is 1. The van der Waals surface area contributed by atoms with Crippen molar-refractivity contribution in [3.05, 3.63) is 28.7 Å². The Kier molecular flexibility index (Phi) is 6.47. The second-order valence-electron chi connectivity index (χ2n) is 7.37. The Morgan fingerprint density at radius 3 is 2.59 bits per heavy atom. The van der Waals surface area contributed by atoms with E-state index < -0.39 is 0 Å². The van der Waals surface area contributed by atoms with Crippen molar-refractivity contribution in [2.24, 2.45) is 5.92 Å². The van der Waals surface area contributed by atoms with Crippen LogP contribution in [-0.4, -0.2) is 35.8 Å². The molecular weight excluding hydrogens is 362 g/mol. The number of amides is 2. The highest BCUT2D eigenvalue weighted by atomic mass is 32.2. The smallest absolute Gasteiger partial charge is 0.293 e. The highest BCUT2D eigenvalue weighted by Crippen LogP contribution is 2.36. The SMILES string of the molecule is COc1cc(/C=C2/SC(=O)N(CC3CCCCC3)C2=O)ccc1OC(C)C. The molecule has 1 saturated carbocycles. The summed E-state index contributed by atoms with van der Waals surface area (Å²) in [7, 11) is 1.59. The van der Waals surface area contributed by atoms with E-state index >= 15 is 0 Å². The van der Waals surface area contributed by atoms with Gasteiger partial charge in [0.25, 0.3) is 11.1 Å². The number of ether oxygens (including phenoxy) is 2. The number of nitrogens with zero attached hydrogens (tertiary/aromatic N) is 1. The molecule has 0 aromatic heterocycles. The number of thioether (sulfide) groups is 1. The first-order valence-corrected chi connectivity index (χ1v) is 10.4. The zero-order valence-electron chi connectivity index (χ0n) is 16.2. The zero-order chi connectivity index (χ0) is 19.4. The van der Waals surface area contributed by atoms with Gasteiger partial charge in [-0.15, -0.1) is 0 Å². The Hall–Kier alpha value is -1.95. The highest BCUT2D eigenvalue weighted by Gasteiger charge is 2.36. The quantitative estimate of drug-likeness (QED) is 0.634. The maximum absolute atomic E-state index is 12.7. The summed E-state index contributed by atoms with van der Waals surface area (Å²) in [4.78, 5) is 26.9. The van der Waals surface area contributed by atoms with E-state index in [-0.39, 0.29) is 17.3 Å². The topological polar surface area (TPSA) is 55.8 Å². The first kappa shape index (κ1) is 19.8. The maximum atomic E-state index is 12.7. The summed E-state index contributed by atoms with van der Waals surface area (Å²) < 4.78 is 11.1. The minimum atomic E-state index is -0.183.